The minimum Gasteiger partial charge on any atom is -0.460 e. The second kappa shape index (κ2) is 5.57. The standard InChI is InChI=1S/C14H26N2O2/c1-14(2,3)18-13(17)12-9-16(10-12)8-11-4-6-15-7-5-11/h11-12,15H,4-10H2,1-3H3. The molecule has 0 aromatic heterocycles. The fourth-order valence-electron chi connectivity index (χ4n) is 2.68. The van der Waals surface area contributed by atoms with Gasteiger partial charge in [0, 0.05) is 19.6 Å². The van der Waals surface area contributed by atoms with Gasteiger partial charge in [-0.2, -0.15) is 0 Å². The topological polar surface area (TPSA) is 41.6 Å². The summed E-state index contributed by atoms with van der Waals surface area (Å²) < 4.78 is 5.40. The van der Waals surface area contributed by atoms with E-state index in [4.69, 9.17) is 4.74 Å². The Morgan fingerprint density at radius 3 is 2.44 bits per heavy atom. The summed E-state index contributed by atoms with van der Waals surface area (Å²) in [5, 5.41) is 3.38. The van der Waals surface area contributed by atoms with E-state index >= 15 is 0 Å². The van der Waals surface area contributed by atoms with E-state index in [0.29, 0.717) is 0 Å². The molecule has 4 heteroatoms. The number of esters is 1. The third-order valence-electron chi connectivity index (χ3n) is 3.67. The van der Waals surface area contributed by atoms with Gasteiger partial charge >= 0.3 is 5.97 Å². The van der Waals surface area contributed by atoms with Crippen LogP contribution >= 0.6 is 0 Å². The average Bonchev–Trinajstić information content (AvgIpc) is 2.21. The molecule has 0 radical (unpaired) electrons. The van der Waals surface area contributed by atoms with Crippen molar-refractivity contribution in [2.45, 2.75) is 39.2 Å². The van der Waals surface area contributed by atoms with Crippen molar-refractivity contribution in [2.75, 3.05) is 32.7 Å². The molecule has 2 aliphatic rings. The fraction of sp³-hybridized carbons (Fsp3) is 0.929. The van der Waals surface area contributed by atoms with Gasteiger partial charge in [0.25, 0.3) is 0 Å². The number of ether oxygens (including phenoxy) is 1. The number of likely N-dealkylation sites (tertiary alicyclic amines) is 1. The lowest BCUT2D eigenvalue weighted by atomic mass is 9.93. The number of nitrogens with one attached hydrogen (secondary N) is 1. The molecule has 4 nitrogen and oxygen atoms in total. The molecule has 0 amide bonds. The number of piperidine rings is 1. The number of hydrogen-bond acceptors (Lipinski definition) is 4. The molecule has 2 heterocycles. The monoisotopic (exact) mass is 254 g/mol. The maximum Gasteiger partial charge on any atom is 0.312 e. The van der Waals surface area contributed by atoms with Crippen LogP contribution in [-0.2, 0) is 9.53 Å². The molecule has 0 unspecified atom stereocenters. The summed E-state index contributed by atoms with van der Waals surface area (Å²) >= 11 is 0. The molecule has 2 aliphatic heterocycles. The number of hydrogen-bond donors (Lipinski definition) is 1. The van der Waals surface area contributed by atoms with E-state index in [1.54, 1.807) is 0 Å². The Bertz CT molecular complexity index is 287. The lowest BCUT2D eigenvalue weighted by Gasteiger charge is -2.41. The maximum absolute atomic E-state index is 11.8. The molecule has 0 aliphatic carbocycles. The summed E-state index contributed by atoms with van der Waals surface area (Å²) in [7, 11) is 0. The highest BCUT2D eigenvalue weighted by Gasteiger charge is 2.36. The SMILES string of the molecule is CC(C)(C)OC(=O)C1CN(CC2CCNCC2)C1. The zero-order valence-electron chi connectivity index (χ0n) is 11.9. The molecule has 2 fully saturated rings. The summed E-state index contributed by atoms with van der Waals surface area (Å²) in [6.07, 6.45) is 2.54. The second-order valence-corrected chi connectivity index (χ2v) is 6.64. The molecule has 1 N–H and O–H groups in total. The summed E-state index contributed by atoms with van der Waals surface area (Å²) in [4.78, 5) is 14.2. The van der Waals surface area contributed by atoms with Crippen LogP contribution in [0.5, 0.6) is 0 Å². The Hall–Kier alpha value is -0.610. The highest BCUT2D eigenvalue weighted by molar-refractivity contribution is 5.74. The minimum absolute atomic E-state index is 0.0240. The fourth-order valence-corrected chi connectivity index (χ4v) is 2.68. The van der Waals surface area contributed by atoms with Crippen LogP contribution in [-0.4, -0.2) is 49.2 Å². The van der Waals surface area contributed by atoms with Gasteiger partial charge in [-0.1, -0.05) is 0 Å². The summed E-state index contributed by atoms with van der Waals surface area (Å²) in [6, 6.07) is 0. The summed E-state index contributed by atoms with van der Waals surface area (Å²) in [5.41, 5.74) is -0.355. The molecule has 0 atom stereocenters. The van der Waals surface area contributed by atoms with Crippen molar-refractivity contribution in [3.05, 3.63) is 0 Å². The zero-order valence-corrected chi connectivity index (χ0v) is 11.9. The molecular weight excluding hydrogens is 228 g/mol. The number of carbonyl (C=O) groups excluding carboxylic acids is 1. The molecule has 0 bridgehead atoms. The lowest BCUT2D eigenvalue weighted by Crippen LogP contribution is -2.53. The molecule has 0 aromatic carbocycles. The third kappa shape index (κ3) is 3.95. The normalized spacial score (nSPS) is 23.7. The number of nitrogens with zero attached hydrogens (tertiary/aromatic N) is 1. The van der Waals surface area contributed by atoms with E-state index in [2.05, 4.69) is 10.2 Å². The van der Waals surface area contributed by atoms with Crippen molar-refractivity contribution >= 4 is 5.97 Å². The molecule has 2 rings (SSSR count). The van der Waals surface area contributed by atoms with E-state index in [0.717, 1.165) is 38.6 Å². The molecule has 18 heavy (non-hydrogen) atoms. The minimum atomic E-state index is -0.355. The van der Waals surface area contributed by atoms with Crippen molar-refractivity contribution in [3.8, 4) is 0 Å². The van der Waals surface area contributed by atoms with Crippen LogP contribution in [0.25, 0.3) is 0 Å². The first-order valence-electron chi connectivity index (χ1n) is 7.10. The quantitative estimate of drug-likeness (QED) is 0.770. The van der Waals surface area contributed by atoms with Crippen LogP contribution in [0.3, 0.4) is 0 Å². The predicted octanol–water partition coefficient (Wildman–Crippen LogP) is 1.26. The second-order valence-electron chi connectivity index (χ2n) is 6.64. The Balaban J connectivity index is 1.65. The molecule has 0 saturated carbocycles. The van der Waals surface area contributed by atoms with E-state index in [1.807, 2.05) is 20.8 Å². The van der Waals surface area contributed by atoms with Gasteiger partial charge in [0.05, 0.1) is 5.92 Å². The predicted molar refractivity (Wildman–Crippen MR) is 71.4 cm³/mol. The van der Waals surface area contributed by atoms with Crippen molar-refractivity contribution in [2.24, 2.45) is 11.8 Å². The van der Waals surface area contributed by atoms with Gasteiger partial charge in [-0.3, -0.25) is 4.79 Å². The van der Waals surface area contributed by atoms with Gasteiger partial charge in [-0.05, 0) is 52.6 Å². The van der Waals surface area contributed by atoms with Gasteiger partial charge in [0.1, 0.15) is 5.60 Å². The molecule has 0 spiro atoms. The van der Waals surface area contributed by atoms with Crippen LogP contribution < -0.4 is 5.32 Å². The number of rotatable bonds is 3. The van der Waals surface area contributed by atoms with Gasteiger partial charge in [0.15, 0.2) is 0 Å². The summed E-state index contributed by atoms with van der Waals surface area (Å²) in [6.45, 7) is 11.0. The van der Waals surface area contributed by atoms with Crippen molar-refractivity contribution < 1.29 is 9.53 Å². The van der Waals surface area contributed by atoms with Crippen molar-refractivity contribution in [3.63, 3.8) is 0 Å². The van der Waals surface area contributed by atoms with Crippen molar-refractivity contribution in [1.29, 1.82) is 0 Å². The molecule has 104 valence electrons. The maximum atomic E-state index is 11.8. The van der Waals surface area contributed by atoms with Gasteiger partial charge < -0.3 is 15.0 Å². The van der Waals surface area contributed by atoms with E-state index < -0.39 is 0 Å². The summed E-state index contributed by atoms with van der Waals surface area (Å²) in [5.74, 6) is 0.890. The molecule has 2 saturated heterocycles. The average molecular weight is 254 g/mol. The first kappa shape index (κ1) is 13.8. The van der Waals surface area contributed by atoms with Crippen molar-refractivity contribution in [1.82, 2.24) is 10.2 Å². The van der Waals surface area contributed by atoms with Crippen LogP contribution in [0.15, 0.2) is 0 Å². The van der Waals surface area contributed by atoms with E-state index in [-0.39, 0.29) is 17.5 Å². The van der Waals surface area contributed by atoms with Crippen LogP contribution in [0.2, 0.25) is 0 Å². The van der Waals surface area contributed by atoms with Gasteiger partial charge in [-0.25, -0.2) is 0 Å². The Labute approximate surface area is 110 Å². The first-order valence-corrected chi connectivity index (χ1v) is 7.10. The van der Waals surface area contributed by atoms with Crippen LogP contribution in [0.4, 0.5) is 0 Å². The molecule has 0 aromatic rings. The Morgan fingerprint density at radius 1 is 1.28 bits per heavy atom. The van der Waals surface area contributed by atoms with E-state index in [9.17, 15) is 4.79 Å². The smallest absolute Gasteiger partial charge is 0.312 e. The third-order valence-corrected chi connectivity index (χ3v) is 3.67. The van der Waals surface area contributed by atoms with Crippen LogP contribution in [0.1, 0.15) is 33.6 Å². The number of carbonyl (C=O) groups is 1. The largest absolute Gasteiger partial charge is 0.460 e. The Kier molecular flexibility index (Phi) is 4.28. The van der Waals surface area contributed by atoms with Gasteiger partial charge in [0.2, 0.25) is 0 Å². The highest BCUT2D eigenvalue weighted by atomic mass is 16.6. The van der Waals surface area contributed by atoms with Gasteiger partial charge in [-0.15, -0.1) is 0 Å². The lowest BCUT2D eigenvalue weighted by molar-refractivity contribution is -0.166. The Morgan fingerprint density at radius 2 is 1.89 bits per heavy atom. The van der Waals surface area contributed by atoms with E-state index in [1.165, 1.54) is 12.8 Å². The zero-order chi connectivity index (χ0) is 13.2. The van der Waals surface area contributed by atoms with Crippen LogP contribution in [0, 0.1) is 11.8 Å². The first-order chi connectivity index (χ1) is 8.44. The highest BCUT2D eigenvalue weighted by Crippen LogP contribution is 2.23. The molecular formula is C14H26N2O2.